The molecule has 140 valence electrons. The molecule has 3 aromatic rings. The maximum Gasteiger partial charge on any atom is 0.258 e. The number of halogens is 1. The molecular weight excluding hydrogens is 368 g/mol. The lowest BCUT2D eigenvalue weighted by Crippen LogP contribution is -2.26. The number of hydrogen-bond acceptors (Lipinski definition) is 5. The zero-order valence-electron chi connectivity index (χ0n) is 15.0. The van der Waals surface area contributed by atoms with Crippen LogP contribution in [0.5, 0.6) is 11.5 Å². The van der Waals surface area contributed by atoms with Crippen molar-refractivity contribution in [3.8, 4) is 22.8 Å². The quantitative estimate of drug-likeness (QED) is 0.664. The third-order valence-electron chi connectivity index (χ3n) is 4.01. The predicted octanol–water partition coefficient (Wildman–Crippen LogP) is 3.98. The first-order chi connectivity index (χ1) is 13.1. The summed E-state index contributed by atoms with van der Waals surface area (Å²) in [7, 11) is 3.03. The molecule has 0 radical (unpaired) electrons. The highest BCUT2D eigenvalue weighted by atomic mass is 35.5. The van der Waals surface area contributed by atoms with E-state index in [-0.39, 0.29) is 5.91 Å². The first-order valence-corrected chi connectivity index (χ1v) is 8.71. The Morgan fingerprint density at radius 1 is 1.11 bits per heavy atom. The van der Waals surface area contributed by atoms with E-state index < -0.39 is 0 Å². The average molecular weight is 387 g/mol. The molecule has 0 spiro atoms. The fourth-order valence-corrected chi connectivity index (χ4v) is 2.77. The second-order valence-corrected chi connectivity index (χ2v) is 6.17. The molecule has 1 N–H and O–H groups in total. The van der Waals surface area contributed by atoms with Crippen LogP contribution < -0.4 is 14.8 Å². The summed E-state index contributed by atoms with van der Waals surface area (Å²) in [6, 6.07) is 14.4. The van der Waals surface area contributed by atoms with Crippen LogP contribution in [0.3, 0.4) is 0 Å². The van der Waals surface area contributed by atoms with Crippen LogP contribution in [0, 0.1) is 0 Å². The molecule has 0 unspecified atom stereocenters. The third-order valence-corrected chi connectivity index (χ3v) is 4.26. The second-order valence-electron chi connectivity index (χ2n) is 5.73. The van der Waals surface area contributed by atoms with Crippen LogP contribution >= 0.6 is 11.6 Å². The van der Waals surface area contributed by atoms with Gasteiger partial charge in [0.2, 0.25) is 0 Å². The van der Waals surface area contributed by atoms with E-state index in [9.17, 15) is 4.79 Å². The molecule has 0 aliphatic carbocycles. The van der Waals surface area contributed by atoms with Crippen LogP contribution in [0.2, 0.25) is 5.02 Å². The van der Waals surface area contributed by atoms with Gasteiger partial charge in [-0.3, -0.25) is 4.79 Å². The number of amides is 1. The van der Waals surface area contributed by atoms with E-state index >= 15 is 0 Å². The zero-order valence-corrected chi connectivity index (χ0v) is 15.7. The van der Waals surface area contributed by atoms with Crippen LogP contribution in [0.1, 0.15) is 16.1 Å². The molecule has 27 heavy (non-hydrogen) atoms. The lowest BCUT2D eigenvalue weighted by Gasteiger charge is -2.12. The van der Waals surface area contributed by atoms with Gasteiger partial charge in [0.1, 0.15) is 17.1 Å². The van der Waals surface area contributed by atoms with E-state index in [1.165, 1.54) is 14.2 Å². The average Bonchev–Trinajstić information content (AvgIpc) is 3.16. The van der Waals surface area contributed by atoms with Crippen molar-refractivity contribution in [1.82, 2.24) is 10.5 Å². The van der Waals surface area contributed by atoms with Gasteiger partial charge in [0.15, 0.2) is 5.76 Å². The summed E-state index contributed by atoms with van der Waals surface area (Å²) in [6.45, 7) is 0.395. The van der Waals surface area contributed by atoms with E-state index in [4.69, 9.17) is 25.6 Å². The lowest BCUT2D eigenvalue weighted by atomic mass is 10.1. The number of aromatic nitrogens is 1. The standard InChI is InChI=1S/C20H19ClN2O4/c1-25-16-4-3-5-17(26-2)19(16)20(24)22-11-10-15-12-18(27-23-15)13-6-8-14(21)9-7-13/h3-9,12H,10-11H2,1-2H3,(H,22,24). The van der Waals surface area contributed by atoms with E-state index in [1.807, 2.05) is 18.2 Å². The summed E-state index contributed by atoms with van der Waals surface area (Å²) in [5.74, 6) is 1.29. The van der Waals surface area contributed by atoms with Gasteiger partial charge in [-0.2, -0.15) is 0 Å². The number of carbonyl (C=O) groups excluding carboxylic acids is 1. The Balaban J connectivity index is 1.62. The molecule has 2 aromatic carbocycles. The number of methoxy groups -OCH3 is 2. The Kier molecular flexibility index (Phi) is 5.98. The fraction of sp³-hybridized carbons (Fsp3) is 0.200. The number of nitrogens with one attached hydrogen (secondary N) is 1. The molecule has 0 aliphatic heterocycles. The minimum absolute atomic E-state index is 0.272. The summed E-state index contributed by atoms with van der Waals surface area (Å²) < 4.78 is 15.9. The molecule has 0 fully saturated rings. The van der Waals surface area contributed by atoms with Crippen LogP contribution in [0.25, 0.3) is 11.3 Å². The largest absolute Gasteiger partial charge is 0.496 e. The van der Waals surface area contributed by atoms with Gasteiger partial charge in [-0.15, -0.1) is 0 Å². The van der Waals surface area contributed by atoms with Gasteiger partial charge in [0, 0.05) is 29.6 Å². The number of ether oxygens (including phenoxy) is 2. The molecule has 1 heterocycles. The normalized spacial score (nSPS) is 10.5. The highest BCUT2D eigenvalue weighted by Crippen LogP contribution is 2.28. The Labute approximate surface area is 162 Å². The third kappa shape index (κ3) is 4.41. The van der Waals surface area contributed by atoms with Crippen molar-refractivity contribution in [3.63, 3.8) is 0 Å². The minimum atomic E-state index is -0.272. The fourth-order valence-electron chi connectivity index (χ4n) is 2.65. The zero-order chi connectivity index (χ0) is 19.2. The highest BCUT2D eigenvalue weighted by molar-refractivity contribution is 6.30. The van der Waals surface area contributed by atoms with Crippen molar-refractivity contribution in [2.75, 3.05) is 20.8 Å². The Bertz CT molecular complexity index is 900. The number of hydrogen-bond donors (Lipinski definition) is 1. The van der Waals surface area contributed by atoms with Crippen LogP contribution in [0.4, 0.5) is 0 Å². The van der Waals surface area contributed by atoms with Crippen LogP contribution in [-0.4, -0.2) is 31.8 Å². The summed E-state index contributed by atoms with van der Waals surface area (Å²) in [6.07, 6.45) is 0.528. The second kappa shape index (κ2) is 8.60. The van der Waals surface area contributed by atoms with E-state index in [0.717, 1.165) is 11.3 Å². The predicted molar refractivity (Wildman–Crippen MR) is 103 cm³/mol. The minimum Gasteiger partial charge on any atom is -0.496 e. The number of benzene rings is 2. The number of nitrogens with zero attached hydrogens (tertiary/aromatic N) is 1. The summed E-state index contributed by atoms with van der Waals surface area (Å²) >= 11 is 5.89. The monoisotopic (exact) mass is 386 g/mol. The van der Waals surface area contributed by atoms with E-state index in [0.29, 0.717) is 40.8 Å². The molecule has 0 atom stereocenters. The van der Waals surface area contributed by atoms with Crippen LogP contribution in [-0.2, 0) is 6.42 Å². The molecule has 6 nitrogen and oxygen atoms in total. The summed E-state index contributed by atoms with van der Waals surface area (Å²) in [5.41, 5.74) is 2.00. The molecule has 3 rings (SSSR count). The molecule has 0 saturated carbocycles. The Morgan fingerprint density at radius 2 is 1.78 bits per heavy atom. The lowest BCUT2D eigenvalue weighted by molar-refractivity contribution is 0.0947. The topological polar surface area (TPSA) is 73.6 Å². The van der Waals surface area contributed by atoms with Crippen molar-refractivity contribution in [1.29, 1.82) is 0 Å². The first-order valence-electron chi connectivity index (χ1n) is 8.33. The molecule has 7 heteroatoms. The van der Waals surface area contributed by atoms with Crippen LogP contribution in [0.15, 0.2) is 53.1 Å². The molecular formula is C20H19ClN2O4. The SMILES string of the molecule is COc1cccc(OC)c1C(=O)NCCc1cc(-c2ccc(Cl)cc2)on1. The van der Waals surface area contributed by atoms with Gasteiger partial charge < -0.3 is 19.3 Å². The van der Waals surface area contributed by atoms with Crippen molar-refractivity contribution >= 4 is 17.5 Å². The van der Waals surface area contributed by atoms with E-state index in [2.05, 4.69) is 10.5 Å². The number of carbonyl (C=O) groups is 1. The molecule has 0 aliphatic rings. The molecule has 0 bridgehead atoms. The van der Waals surface area contributed by atoms with Crippen molar-refractivity contribution in [2.45, 2.75) is 6.42 Å². The van der Waals surface area contributed by atoms with Gasteiger partial charge >= 0.3 is 0 Å². The molecule has 1 amide bonds. The Morgan fingerprint density at radius 3 is 2.41 bits per heavy atom. The maximum atomic E-state index is 12.5. The van der Waals surface area contributed by atoms with E-state index in [1.54, 1.807) is 30.3 Å². The van der Waals surface area contributed by atoms with Crippen molar-refractivity contribution in [2.24, 2.45) is 0 Å². The molecule has 0 saturated heterocycles. The summed E-state index contributed by atoms with van der Waals surface area (Å²) in [5, 5.41) is 7.56. The van der Waals surface area contributed by atoms with Crippen molar-refractivity contribution in [3.05, 3.63) is 64.8 Å². The van der Waals surface area contributed by atoms with Gasteiger partial charge in [0.25, 0.3) is 5.91 Å². The maximum absolute atomic E-state index is 12.5. The van der Waals surface area contributed by atoms with Gasteiger partial charge in [-0.05, 0) is 36.4 Å². The molecule has 1 aromatic heterocycles. The van der Waals surface area contributed by atoms with Gasteiger partial charge in [-0.1, -0.05) is 22.8 Å². The summed E-state index contributed by atoms with van der Waals surface area (Å²) in [4.78, 5) is 12.5. The smallest absolute Gasteiger partial charge is 0.258 e. The first kappa shape index (κ1) is 18.8. The Hall–Kier alpha value is -2.99. The van der Waals surface area contributed by atoms with Crippen molar-refractivity contribution < 1.29 is 18.8 Å². The van der Waals surface area contributed by atoms with Gasteiger partial charge in [-0.25, -0.2) is 0 Å². The highest BCUT2D eigenvalue weighted by Gasteiger charge is 2.18. The van der Waals surface area contributed by atoms with Gasteiger partial charge in [0.05, 0.1) is 19.9 Å². The number of rotatable bonds is 7.